The summed E-state index contributed by atoms with van der Waals surface area (Å²) in [5.41, 5.74) is 1.26. The molecule has 1 aliphatic heterocycles. The zero-order chi connectivity index (χ0) is 19.4. The van der Waals surface area contributed by atoms with Crippen molar-refractivity contribution in [1.29, 1.82) is 0 Å². The van der Waals surface area contributed by atoms with Crippen LogP contribution in [0.25, 0.3) is 0 Å². The minimum absolute atomic E-state index is 0.118. The van der Waals surface area contributed by atoms with Crippen LogP contribution in [0.2, 0.25) is 10.0 Å². The van der Waals surface area contributed by atoms with Gasteiger partial charge in [-0.3, -0.25) is 14.5 Å². The number of hydrogen-bond acceptors (Lipinski definition) is 4. The van der Waals surface area contributed by atoms with Crippen LogP contribution in [-0.2, 0) is 9.59 Å². The maximum Gasteiger partial charge on any atom is 0.238 e. The van der Waals surface area contributed by atoms with Crippen LogP contribution in [0.15, 0.2) is 53.5 Å². The second-order valence-electron chi connectivity index (χ2n) is 5.82. The fourth-order valence-electron chi connectivity index (χ4n) is 2.56. The quantitative estimate of drug-likeness (QED) is 0.757. The smallest absolute Gasteiger partial charge is 0.238 e. The van der Waals surface area contributed by atoms with Crippen LogP contribution >= 0.6 is 35.0 Å². The standard InChI is InChI=1S/C19H17Cl2N3O2S/c1-2-24-17(25)11-16(18(26)22-14-8-6-12(20)7-9-14)27-19(24)23-15-5-3-4-13(21)10-15/h3-10,16H,2,11H2,1H3,(H,22,26). The lowest BCUT2D eigenvalue weighted by molar-refractivity contribution is -0.129. The van der Waals surface area contributed by atoms with Gasteiger partial charge < -0.3 is 5.32 Å². The number of aliphatic imine (C=N–C) groups is 1. The van der Waals surface area contributed by atoms with Gasteiger partial charge in [0.15, 0.2) is 5.17 Å². The van der Waals surface area contributed by atoms with Crippen molar-refractivity contribution in [2.45, 2.75) is 18.6 Å². The summed E-state index contributed by atoms with van der Waals surface area (Å²) in [6.07, 6.45) is 0.118. The maximum absolute atomic E-state index is 12.6. The van der Waals surface area contributed by atoms with E-state index in [0.717, 1.165) is 0 Å². The molecule has 0 radical (unpaired) electrons. The number of amides is 2. The lowest BCUT2D eigenvalue weighted by atomic mass is 10.2. The molecule has 1 N–H and O–H groups in total. The van der Waals surface area contributed by atoms with E-state index in [9.17, 15) is 9.59 Å². The van der Waals surface area contributed by atoms with E-state index in [1.165, 1.54) is 11.8 Å². The number of benzene rings is 2. The van der Waals surface area contributed by atoms with Gasteiger partial charge in [-0.1, -0.05) is 41.0 Å². The van der Waals surface area contributed by atoms with Crippen LogP contribution in [0.1, 0.15) is 13.3 Å². The van der Waals surface area contributed by atoms with Gasteiger partial charge in [0, 0.05) is 28.7 Å². The van der Waals surface area contributed by atoms with Gasteiger partial charge in [0.25, 0.3) is 0 Å². The number of hydrogen-bond donors (Lipinski definition) is 1. The van der Waals surface area contributed by atoms with Crippen molar-refractivity contribution in [3.05, 3.63) is 58.6 Å². The molecular weight excluding hydrogens is 405 g/mol. The highest BCUT2D eigenvalue weighted by Crippen LogP contribution is 2.30. The van der Waals surface area contributed by atoms with Crippen LogP contribution in [0, 0.1) is 0 Å². The number of rotatable bonds is 4. The summed E-state index contributed by atoms with van der Waals surface area (Å²) < 4.78 is 0. The van der Waals surface area contributed by atoms with Crippen molar-refractivity contribution in [1.82, 2.24) is 4.90 Å². The molecule has 1 atom stereocenters. The largest absolute Gasteiger partial charge is 0.325 e. The second-order valence-corrected chi connectivity index (χ2v) is 7.86. The van der Waals surface area contributed by atoms with E-state index in [4.69, 9.17) is 23.2 Å². The summed E-state index contributed by atoms with van der Waals surface area (Å²) >= 11 is 13.1. The fourth-order valence-corrected chi connectivity index (χ4v) is 4.04. The number of carbonyl (C=O) groups excluding carboxylic acids is 2. The number of thioether (sulfide) groups is 1. The molecule has 0 spiro atoms. The van der Waals surface area contributed by atoms with Crippen molar-refractivity contribution in [2.24, 2.45) is 4.99 Å². The molecule has 3 rings (SSSR count). The highest BCUT2D eigenvalue weighted by molar-refractivity contribution is 8.15. The molecule has 0 aromatic heterocycles. The first-order valence-electron chi connectivity index (χ1n) is 8.34. The summed E-state index contributed by atoms with van der Waals surface area (Å²) in [7, 11) is 0. The van der Waals surface area contributed by atoms with Crippen molar-refractivity contribution in [2.75, 3.05) is 11.9 Å². The van der Waals surface area contributed by atoms with Crippen molar-refractivity contribution >= 4 is 63.3 Å². The molecule has 1 unspecified atom stereocenters. The average molecular weight is 422 g/mol. The molecule has 5 nitrogen and oxygen atoms in total. The van der Waals surface area contributed by atoms with E-state index in [1.54, 1.807) is 53.4 Å². The van der Waals surface area contributed by atoms with E-state index in [2.05, 4.69) is 10.3 Å². The molecule has 1 saturated heterocycles. The van der Waals surface area contributed by atoms with Gasteiger partial charge in [0.2, 0.25) is 11.8 Å². The van der Waals surface area contributed by atoms with Crippen molar-refractivity contribution in [3.8, 4) is 0 Å². The minimum atomic E-state index is -0.561. The van der Waals surface area contributed by atoms with Gasteiger partial charge >= 0.3 is 0 Å². The molecule has 140 valence electrons. The summed E-state index contributed by atoms with van der Waals surface area (Å²) in [5, 5.41) is 3.90. The molecule has 27 heavy (non-hydrogen) atoms. The van der Waals surface area contributed by atoms with Gasteiger partial charge in [-0.15, -0.1) is 0 Å². The highest BCUT2D eigenvalue weighted by Gasteiger charge is 2.35. The predicted octanol–water partition coefficient (Wildman–Crippen LogP) is 4.97. The first-order chi connectivity index (χ1) is 13.0. The molecular formula is C19H17Cl2N3O2S. The van der Waals surface area contributed by atoms with Crippen LogP contribution in [0.4, 0.5) is 11.4 Å². The Bertz CT molecular complexity index is 887. The van der Waals surface area contributed by atoms with E-state index in [0.29, 0.717) is 33.1 Å². The number of nitrogens with one attached hydrogen (secondary N) is 1. The lowest BCUT2D eigenvalue weighted by Crippen LogP contribution is -2.45. The SMILES string of the molecule is CCN1C(=O)CC(C(=O)Nc2ccc(Cl)cc2)SC1=Nc1cccc(Cl)c1. The zero-order valence-corrected chi connectivity index (χ0v) is 16.8. The Hall–Kier alpha value is -2.02. The zero-order valence-electron chi connectivity index (χ0n) is 14.5. The monoisotopic (exact) mass is 421 g/mol. The van der Waals surface area contributed by atoms with E-state index < -0.39 is 5.25 Å². The van der Waals surface area contributed by atoms with E-state index in [-0.39, 0.29) is 18.2 Å². The number of nitrogens with zero attached hydrogens (tertiary/aromatic N) is 2. The molecule has 1 heterocycles. The van der Waals surface area contributed by atoms with Gasteiger partial charge in [-0.25, -0.2) is 4.99 Å². The Kier molecular flexibility index (Phi) is 6.42. The Balaban J connectivity index is 1.80. The third-order valence-corrected chi connectivity index (χ3v) is 5.57. The maximum atomic E-state index is 12.6. The second kappa shape index (κ2) is 8.78. The van der Waals surface area contributed by atoms with Crippen molar-refractivity contribution < 1.29 is 9.59 Å². The summed E-state index contributed by atoms with van der Waals surface area (Å²) in [5.74, 6) is -0.376. The number of halogens is 2. The Labute approximate surface area is 171 Å². The minimum Gasteiger partial charge on any atom is -0.325 e. The van der Waals surface area contributed by atoms with Gasteiger partial charge in [-0.2, -0.15) is 0 Å². The van der Waals surface area contributed by atoms with Gasteiger partial charge in [-0.05, 0) is 49.4 Å². The molecule has 0 aliphatic carbocycles. The Morgan fingerprint density at radius 1 is 1.22 bits per heavy atom. The first-order valence-corrected chi connectivity index (χ1v) is 9.97. The average Bonchev–Trinajstić information content (AvgIpc) is 2.63. The summed E-state index contributed by atoms with van der Waals surface area (Å²) in [6.45, 7) is 2.36. The van der Waals surface area contributed by atoms with Crippen molar-refractivity contribution in [3.63, 3.8) is 0 Å². The van der Waals surface area contributed by atoms with Crippen LogP contribution in [0.3, 0.4) is 0 Å². The lowest BCUT2D eigenvalue weighted by Gasteiger charge is -2.30. The molecule has 2 aromatic rings. The van der Waals surface area contributed by atoms with E-state index >= 15 is 0 Å². The fraction of sp³-hybridized carbons (Fsp3) is 0.211. The normalized spacial score (nSPS) is 18.6. The molecule has 0 bridgehead atoms. The van der Waals surface area contributed by atoms with Crippen LogP contribution in [-0.4, -0.2) is 33.7 Å². The topological polar surface area (TPSA) is 61.8 Å². The van der Waals surface area contributed by atoms with Gasteiger partial charge in [0.1, 0.15) is 5.25 Å². The molecule has 1 fully saturated rings. The highest BCUT2D eigenvalue weighted by atomic mass is 35.5. The Morgan fingerprint density at radius 2 is 1.96 bits per heavy atom. The third kappa shape index (κ3) is 5.03. The van der Waals surface area contributed by atoms with Crippen LogP contribution < -0.4 is 5.32 Å². The molecule has 8 heteroatoms. The number of anilines is 1. The predicted molar refractivity (Wildman–Crippen MR) is 112 cm³/mol. The molecule has 1 aliphatic rings. The molecule has 2 amide bonds. The molecule has 2 aromatic carbocycles. The third-order valence-electron chi connectivity index (χ3n) is 3.89. The van der Waals surface area contributed by atoms with Gasteiger partial charge in [0.05, 0.1) is 5.69 Å². The summed E-state index contributed by atoms with van der Waals surface area (Å²) in [6, 6.07) is 13.9. The van der Waals surface area contributed by atoms with E-state index in [1.807, 2.05) is 6.92 Å². The number of amidine groups is 1. The first kappa shape index (κ1) is 19.7. The van der Waals surface area contributed by atoms with Crippen LogP contribution in [0.5, 0.6) is 0 Å². The Morgan fingerprint density at radius 3 is 2.63 bits per heavy atom. The number of carbonyl (C=O) groups is 2. The summed E-state index contributed by atoms with van der Waals surface area (Å²) in [4.78, 5) is 31.3. The molecule has 0 saturated carbocycles.